The molecule has 0 fully saturated rings. The van der Waals surface area contributed by atoms with E-state index in [9.17, 15) is 9.59 Å². The second kappa shape index (κ2) is 7.38. The van der Waals surface area contributed by atoms with Crippen molar-refractivity contribution in [1.29, 1.82) is 0 Å². The van der Waals surface area contributed by atoms with E-state index >= 15 is 0 Å². The molecule has 1 aliphatic rings. The molecule has 2 aromatic heterocycles. The van der Waals surface area contributed by atoms with E-state index in [-0.39, 0.29) is 11.6 Å². The third kappa shape index (κ3) is 3.79. The number of imidazole rings is 1. The number of amides is 1. The molecule has 3 N–H and O–H groups in total. The number of nitrogens with one attached hydrogen (secondary N) is 3. The number of rotatable bonds is 3. The highest BCUT2D eigenvalue weighted by Gasteiger charge is 2.20. The summed E-state index contributed by atoms with van der Waals surface area (Å²) in [6, 6.07) is 10.3. The Morgan fingerprint density at radius 1 is 1.30 bits per heavy atom. The summed E-state index contributed by atoms with van der Waals surface area (Å²) in [4.78, 5) is 32.0. The molecule has 1 aromatic carbocycles. The fourth-order valence-corrected chi connectivity index (χ4v) is 3.36. The first-order valence-electron chi connectivity index (χ1n) is 8.61. The van der Waals surface area contributed by atoms with Gasteiger partial charge in [0.2, 0.25) is 0 Å². The van der Waals surface area contributed by atoms with Crippen molar-refractivity contribution in [2.75, 3.05) is 6.54 Å². The quantitative estimate of drug-likeness (QED) is 0.643. The summed E-state index contributed by atoms with van der Waals surface area (Å²) in [7, 11) is 0. The zero-order valence-electron chi connectivity index (χ0n) is 14.4. The molecule has 7 nitrogen and oxygen atoms in total. The van der Waals surface area contributed by atoms with Crippen molar-refractivity contribution in [3.8, 4) is 11.3 Å². The zero-order chi connectivity index (χ0) is 18.8. The maximum Gasteiger partial charge on any atom is 0.261 e. The van der Waals surface area contributed by atoms with Crippen LogP contribution in [0.4, 0.5) is 0 Å². The Morgan fingerprint density at radius 3 is 3.00 bits per heavy atom. The number of H-pyrrole nitrogens is 1. The summed E-state index contributed by atoms with van der Waals surface area (Å²) >= 11 is 6.00. The standard InChI is InChI=1S/C19H18ClN5O2/c20-13-3-1-2-12(8-13)16-5-4-15(19(27)24-16)18(26)23-14-9-21-10-17-22-6-7-25(17)11-14/h1-8,14,21H,9-11H2,(H,23,26)(H,24,27). The average molecular weight is 384 g/mol. The first-order valence-corrected chi connectivity index (χ1v) is 8.99. The number of hydrogen-bond acceptors (Lipinski definition) is 4. The molecule has 4 rings (SSSR count). The number of pyridine rings is 1. The molecule has 0 aliphatic carbocycles. The normalized spacial score (nSPS) is 16.4. The summed E-state index contributed by atoms with van der Waals surface area (Å²) in [5.74, 6) is 0.528. The van der Waals surface area contributed by atoms with Crippen LogP contribution in [-0.2, 0) is 13.1 Å². The molecular formula is C19H18ClN5O2. The van der Waals surface area contributed by atoms with Crippen molar-refractivity contribution in [1.82, 2.24) is 25.2 Å². The molecule has 1 amide bonds. The number of benzene rings is 1. The molecule has 1 atom stereocenters. The average Bonchev–Trinajstić information content (AvgIpc) is 3.00. The van der Waals surface area contributed by atoms with Gasteiger partial charge in [-0.1, -0.05) is 23.7 Å². The number of fused-ring (bicyclic) bond motifs is 1. The third-order valence-corrected chi connectivity index (χ3v) is 4.75. The molecule has 0 spiro atoms. The Morgan fingerprint density at radius 2 is 2.19 bits per heavy atom. The first-order chi connectivity index (χ1) is 13.1. The monoisotopic (exact) mass is 383 g/mol. The zero-order valence-corrected chi connectivity index (χ0v) is 15.2. The molecule has 3 aromatic rings. The highest BCUT2D eigenvalue weighted by atomic mass is 35.5. The molecule has 0 radical (unpaired) electrons. The maximum absolute atomic E-state index is 12.6. The molecule has 138 valence electrons. The number of carbonyl (C=O) groups is 1. The summed E-state index contributed by atoms with van der Waals surface area (Å²) in [5, 5.41) is 6.75. The molecule has 0 saturated carbocycles. The summed E-state index contributed by atoms with van der Waals surface area (Å²) < 4.78 is 2.00. The van der Waals surface area contributed by atoms with Gasteiger partial charge in [0, 0.05) is 36.2 Å². The van der Waals surface area contributed by atoms with Crippen molar-refractivity contribution in [3.63, 3.8) is 0 Å². The predicted octanol–water partition coefficient (Wildman–Crippen LogP) is 1.79. The van der Waals surface area contributed by atoms with Gasteiger partial charge in [-0.3, -0.25) is 9.59 Å². The van der Waals surface area contributed by atoms with E-state index in [2.05, 4.69) is 20.6 Å². The molecule has 27 heavy (non-hydrogen) atoms. The largest absolute Gasteiger partial charge is 0.346 e. The topological polar surface area (TPSA) is 91.8 Å². The molecule has 1 aliphatic heterocycles. The van der Waals surface area contributed by atoms with Crippen LogP contribution < -0.4 is 16.2 Å². The fraction of sp³-hybridized carbons (Fsp3) is 0.211. The van der Waals surface area contributed by atoms with Crippen molar-refractivity contribution in [3.05, 3.63) is 75.6 Å². The van der Waals surface area contributed by atoms with Crippen LogP contribution in [0.1, 0.15) is 16.2 Å². The Labute approximate surface area is 160 Å². The Balaban J connectivity index is 1.51. The lowest BCUT2D eigenvalue weighted by molar-refractivity contribution is 0.0932. The Bertz CT molecular complexity index is 1040. The van der Waals surface area contributed by atoms with Gasteiger partial charge in [-0.25, -0.2) is 4.98 Å². The van der Waals surface area contributed by atoms with Crippen LogP contribution in [-0.4, -0.2) is 33.0 Å². The lowest BCUT2D eigenvalue weighted by Crippen LogP contribution is -2.44. The van der Waals surface area contributed by atoms with E-state index in [1.807, 2.05) is 16.8 Å². The lowest BCUT2D eigenvalue weighted by Gasteiger charge is -2.17. The van der Waals surface area contributed by atoms with Gasteiger partial charge >= 0.3 is 0 Å². The van der Waals surface area contributed by atoms with Gasteiger partial charge in [0.05, 0.1) is 12.6 Å². The number of aromatic amines is 1. The summed E-state index contributed by atoms with van der Waals surface area (Å²) in [5.41, 5.74) is 1.04. The Hall–Kier alpha value is -2.90. The minimum absolute atomic E-state index is 0.0795. The van der Waals surface area contributed by atoms with Gasteiger partial charge in [0.25, 0.3) is 11.5 Å². The third-order valence-electron chi connectivity index (χ3n) is 4.52. The maximum atomic E-state index is 12.6. The highest BCUT2D eigenvalue weighted by molar-refractivity contribution is 6.30. The second-order valence-corrected chi connectivity index (χ2v) is 6.86. The fourth-order valence-electron chi connectivity index (χ4n) is 3.17. The molecule has 8 heteroatoms. The van der Waals surface area contributed by atoms with E-state index in [4.69, 9.17) is 11.6 Å². The number of carbonyl (C=O) groups excluding carboxylic acids is 1. The molecule has 1 unspecified atom stereocenters. The van der Waals surface area contributed by atoms with Gasteiger partial charge in [-0.05, 0) is 29.8 Å². The predicted molar refractivity (Wildman–Crippen MR) is 103 cm³/mol. The van der Waals surface area contributed by atoms with Crippen LogP contribution in [0, 0.1) is 0 Å². The first kappa shape index (κ1) is 17.5. The van der Waals surface area contributed by atoms with E-state index in [1.54, 1.807) is 30.5 Å². The number of hydrogen-bond donors (Lipinski definition) is 3. The molecule has 0 saturated heterocycles. The lowest BCUT2D eigenvalue weighted by atomic mass is 10.1. The second-order valence-electron chi connectivity index (χ2n) is 6.42. The van der Waals surface area contributed by atoms with Crippen LogP contribution in [0.5, 0.6) is 0 Å². The summed E-state index contributed by atoms with van der Waals surface area (Å²) in [6.45, 7) is 1.86. The van der Waals surface area contributed by atoms with Crippen molar-refractivity contribution < 1.29 is 4.79 Å². The molecular weight excluding hydrogens is 366 g/mol. The summed E-state index contributed by atoms with van der Waals surface area (Å²) in [6.07, 6.45) is 3.62. The van der Waals surface area contributed by atoms with Gasteiger partial charge in [0.1, 0.15) is 11.4 Å². The number of halogens is 1. The van der Waals surface area contributed by atoms with Gasteiger partial charge in [-0.15, -0.1) is 0 Å². The minimum atomic E-state index is -0.435. The van der Waals surface area contributed by atoms with Crippen LogP contribution >= 0.6 is 11.6 Å². The molecule has 0 bridgehead atoms. The van der Waals surface area contributed by atoms with E-state index in [0.29, 0.717) is 30.4 Å². The van der Waals surface area contributed by atoms with Gasteiger partial charge in [0.15, 0.2) is 0 Å². The Kier molecular flexibility index (Phi) is 4.79. The van der Waals surface area contributed by atoms with Crippen LogP contribution in [0.3, 0.4) is 0 Å². The van der Waals surface area contributed by atoms with Gasteiger partial charge < -0.3 is 20.2 Å². The smallest absolute Gasteiger partial charge is 0.261 e. The SMILES string of the molecule is O=C(NC1CNCc2nccn2C1)c1ccc(-c2cccc(Cl)c2)[nH]c1=O. The van der Waals surface area contributed by atoms with Gasteiger partial charge in [-0.2, -0.15) is 0 Å². The van der Waals surface area contributed by atoms with Crippen LogP contribution in [0.15, 0.2) is 53.6 Å². The van der Waals surface area contributed by atoms with Crippen molar-refractivity contribution in [2.45, 2.75) is 19.1 Å². The van der Waals surface area contributed by atoms with Crippen LogP contribution in [0.25, 0.3) is 11.3 Å². The van der Waals surface area contributed by atoms with E-state index < -0.39 is 11.5 Å². The van der Waals surface area contributed by atoms with Crippen molar-refractivity contribution >= 4 is 17.5 Å². The van der Waals surface area contributed by atoms with Crippen LogP contribution in [0.2, 0.25) is 5.02 Å². The number of nitrogens with zero attached hydrogens (tertiary/aromatic N) is 2. The highest BCUT2D eigenvalue weighted by Crippen LogP contribution is 2.20. The molecule has 3 heterocycles. The van der Waals surface area contributed by atoms with E-state index in [0.717, 1.165) is 11.4 Å². The minimum Gasteiger partial charge on any atom is -0.346 e. The number of aromatic nitrogens is 3. The van der Waals surface area contributed by atoms with E-state index in [1.165, 1.54) is 6.07 Å². The van der Waals surface area contributed by atoms with Crippen molar-refractivity contribution in [2.24, 2.45) is 0 Å².